The molecule has 0 aliphatic heterocycles. The molecule has 0 rings (SSSR count). The number of unbranched alkanes of at least 4 members (excludes halogenated alkanes) is 20. The number of rotatable bonds is 29. The number of hydrogen-bond donors (Lipinski definition) is 0. The summed E-state index contributed by atoms with van der Waals surface area (Å²) in [7, 11) is 0. The predicted molar refractivity (Wildman–Crippen MR) is 161 cm³/mol. The smallest absolute Gasteiger partial charge is 0.308 e. The van der Waals surface area contributed by atoms with Crippen molar-refractivity contribution >= 4 is 5.97 Å². The largest absolute Gasteiger partial charge is 0.465 e. The first-order valence-corrected chi connectivity index (χ1v) is 16.6. The molecule has 1 unspecified atom stereocenters. The molecule has 0 aliphatic carbocycles. The van der Waals surface area contributed by atoms with Gasteiger partial charge >= 0.3 is 5.97 Å². The molecule has 0 radical (unpaired) electrons. The molecule has 0 heterocycles. The summed E-state index contributed by atoms with van der Waals surface area (Å²) in [5.41, 5.74) is 0. The average Bonchev–Trinajstić information content (AvgIpc) is 2.89. The Morgan fingerprint density at radius 2 is 0.861 bits per heavy atom. The zero-order chi connectivity index (χ0) is 26.4. The summed E-state index contributed by atoms with van der Waals surface area (Å²) in [5, 5.41) is 0. The summed E-state index contributed by atoms with van der Waals surface area (Å²) in [6.07, 6.45) is 37.9. The number of esters is 1. The van der Waals surface area contributed by atoms with Crippen LogP contribution in [0.1, 0.15) is 188 Å². The van der Waals surface area contributed by atoms with E-state index in [0.29, 0.717) is 6.61 Å². The Bertz CT molecular complexity index is 456. The maximum atomic E-state index is 12.7. The van der Waals surface area contributed by atoms with Crippen LogP contribution < -0.4 is 0 Å². The summed E-state index contributed by atoms with van der Waals surface area (Å²) in [6.45, 7) is 7.43. The minimum absolute atomic E-state index is 0.0899. The van der Waals surface area contributed by atoms with Gasteiger partial charge in [-0.3, -0.25) is 4.79 Å². The summed E-state index contributed by atoms with van der Waals surface area (Å²) >= 11 is 0. The molecular weight excluding hydrogens is 440 g/mol. The molecule has 2 nitrogen and oxygen atoms in total. The van der Waals surface area contributed by atoms with Gasteiger partial charge in [-0.25, -0.2) is 0 Å². The predicted octanol–water partition coefficient (Wildman–Crippen LogP) is 11.9. The van der Waals surface area contributed by atoms with E-state index in [-0.39, 0.29) is 11.9 Å². The maximum absolute atomic E-state index is 12.7. The highest BCUT2D eigenvalue weighted by atomic mass is 16.5. The lowest BCUT2D eigenvalue weighted by Crippen LogP contribution is -2.18. The number of carbonyl (C=O) groups is 1. The van der Waals surface area contributed by atoms with Crippen molar-refractivity contribution in [2.24, 2.45) is 5.92 Å². The highest BCUT2D eigenvalue weighted by molar-refractivity contribution is 5.72. The van der Waals surface area contributed by atoms with Gasteiger partial charge in [0, 0.05) is 0 Å². The lowest BCUT2D eigenvalue weighted by atomic mass is 9.94. The van der Waals surface area contributed by atoms with Crippen LogP contribution in [0.25, 0.3) is 0 Å². The third kappa shape index (κ3) is 26.3. The molecule has 0 saturated carbocycles. The highest BCUT2D eigenvalue weighted by Gasteiger charge is 2.19. The SMILES string of the molecule is CCCCCCCCC=CCCCCCCC(CCCCCC)C(=O)OCCCCCCCCCC. The zero-order valence-corrected chi connectivity index (χ0v) is 25.1. The molecule has 0 aliphatic rings. The Morgan fingerprint density at radius 1 is 0.500 bits per heavy atom. The average molecular weight is 507 g/mol. The van der Waals surface area contributed by atoms with Gasteiger partial charge in [0.2, 0.25) is 0 Å². The number of carbonyl (C=O) groups excluding carboxylic acids is 1. The maximum Gasteiger partial charge on any atom is 0.308 e. The van der Waals surface area contributed by atoms with Gasteiger partial charge in [0.1, 0.15) is 0 Å². The van der Waals surface area contributed by atoms with E-state index >= 15 is 0 Å². The van der Waals surface area contributed by atoms with E-state index in [1.807, 2.05) is 0 Å². The molecule has 0 N–H and O–H groups in total. The fraction of sp³-hybridized carbons (Fsp3) is 0.912. The van der Waals surface area contributed by atoms with E-state index < -0.39 is 0 Å². The van der Waals surface area contributed by atoms with E-state index in [9.17, 15) is 4.79 Å². The van der Waals surface area contributed by atoms with Gasteiger partial charge in [0.05, 0.1) is 12.5 Å². The zero-order valence-electron chi connectivity index (χ0n) is 25.1. The van der Waals surface area contributed by atoms with Crippen molar-refractivity contribution in [1.29, 1.82) is 0 Å². The molecule has 2 heteroatoms. The standard InChI is InChI=1S/C34H66O2/c1-4-7-10-13-15-17-18-19-20-21-22-23-25-28-31-33(30-27-12-9-6-3)34(35)36-32-29-26-24-16-14-11-8-5-2/h19-20,33H,4-18,21-32H2,1-3H3. The second-order valence-corrected chi connectivity index (χ2v) is 11.2. The van der Waals surface area contributed by atoms with Crippen molar-refractivity contribution in [3.63, 3.8) is 0 Å². The van der Waals surface area contributed by atoms with Crippen LogP contribution in [0.5, 0.6) is 0 Å². The first kappa shape index (κ1) is 35.2. The van der Waals surface area contributed by atoms with Gasteiger partial charge in [-0.05, 0) is 44.9 Å². The van der Waals surface area contributed by atoms with E-state index in [4.69, 9.17) is 4.74 Å². The van der Waals surface area contributed by atoms with Gasteiger partial charge in [0.25, 0.3) is 0 Å². The van der Waals surface area contributed by atoms with Crippen LogP contribution in [0.2, 0.25) is 0 Å². The van der Waals surface area contributed by atoms with Crippen molar-refractivity contribution < 1.29 is 9.53 Å². The summed E-state index contributed by atoms with van der Waals surface area (Å²) in [6, 6.07) is 0. The first-order chi connectivity index (χ1) is 17.8. The Hall–Kier alpha value is -0.790. The van der Waals surface area contributed by atoms with Gasteiger partial charge in [-0.2, -0.15) is 0 Å². The summed E-state index contributed by atoms with van der Waals surface area (Å²) in [5.74, 6) is 0.222. The van der Waals surface area contributed by atoms with Gasteiger partial charge in [-0.15, -0.1) is 0 Å². The second-order valence-electron chi connectivity index (χ2n) is 11.2. The molecule has 0 amide bonds. The number of allylic oxidation sites excluding steroid dienone is 2. The molecule has 0 fully saturated rings. The molecule has 0 aromatic heterocycles. The summed E-state index contributed by atoms with van der Waals surface area (Å²) in [4.78, 5) is 12.7. The van der Waals surface area contributed by atoms with Crippen LogP contribution in [0.15, 0.2) is 12.2 Å². The van der Waals surface area contributed by atoms with Crippen molar-refractivity contribution in [2.45, 2.75) is 188 Å². The van der Waals surface area contributed by atoms with Gasteiger partial charge in [-0.1, -0.05) is 155 Å². The molecule has 0 spiro atoms. The Balaban J connectivity index is 3.88. The van der Waals surface area contributed by atoms with E-state index in [1.54, 1.807) is 0 Å². The fourth-order valence-electron chi connectivity index (χ4n) is 5.01. The second kappa shape index (κ2) is 30.4. The Morgan fingerprint density at radius 3 is 1.33 bits per heavy atom. The molecule has 0 aromatic carbocycles. The topological polar surface area (TPSA) is 26.3 Å². The Labute approximate surface area is 227 Å². The van der Waals surface area contributed by atoms with Crippen molar-refractivity contribution in [3.8, 4) is 0 Å². The molecule has 36 heavy (non-hydrogen) atoms. The van der Waals surface area contributed by atoms with Crippen molar-refractivity contribution in [1.82, 2.24) is 0 Å². The third-order valence-corrected chi connectivity index (χ3v) is 7.55. The minimum atomic E-state index is 0.0899. The molecular formula is C34H66O2. The molecule has 0 bridgehead atoms. The molecule has 1 atom stereocenters. The highest BCUT2D eigenvalue weighted by Crippen LogP contribution is 2.21. The van der Waals surface area contributed by atoms with Crippen molar-refractivity contribution in [2.75, 3.05) is 6.61 Å². The van der Waals surface area contributed by atoms with Crippen LogP contribution in [0.3, 0.4) is 0 Å². The van der Waals surface area contributed by atoms with E-state index in [1.165, 1.54) is 148 Å². The van der Waals surface area contributed by atoms with Crippen LogP contribution in [-0.4, -0.2) is 12.6 Å². The number of hydrogen-bond acceptors (Lipinski definition) is 2. The normalized spacial score (nSPS) is 12.4. The first-order valence-electron chi connectivity index (χ1n) is 16.6. The van der Waals surface area contributed by atoms with E-state index in [0.717, 1.165) is 19.3 Å². The molecule has 0 saturated heterocycles. The quantitative estimate of drug-likeness (QED) is 0.0572. The Kier molecular flexibility index (Phi) is 29.8. The minimum Gasteiger partial charge on any atom is -0.465 e. The van der Waals surface area contributed by atoms with E-state index in [2.05, 4.69) is 32.9 Å². The monoisotopic (exact) mass is 507 g/mol. The lowest BCUT2D eigenvalue weighted by Gasteiger charge is -2.16. The molecule has 214 valence electrons. The van der Waals surface area contributed by atoms with Gasteiger partial charge < -0.3 is 4.74 Å². The van der Waals surface area contributed by atoms with Crippen LogP contribution in [-0.2, 0) is 9.53 Å². The summed E-state index contributed by atoms with van der Waals surface area (Å²) < 4.78 is 5.73. The van der Waals surface area contributed by atoms with Gasteiger partial charge in [0.15, 0.2) is 0 Å². The third-order valence-electron chi connectivity index (χ3n) is 7.55. The lowest BCUT2D eigenvalue weighted by molar-refractivity contribution is -0.149. The van der Waals surface area contributed by atoms with Crippen LogP contribution in [0, 0.1) is 5.92 Å². The van der Waals surface area contributed by atoms with Crippen molar-refractivity contribution in [3.05, 3.63) is 12.2 Å². The number of ether oxygens (including phenoxy) is 1. The molecule has 0 aromatic rings. The van der Waals surface area contributed by atoms with Crippen LogP contribution >= 0.6 is 0 Å². The fourth-order valence-corrected chi connectivity index (χ4v) is 5.01. The van der Waals surface area contributed by atoms with Crippen LogP contribution in [0.4, 0.5) is 0 Å².